The van der Waals surface area contributed by atoms with Gasteiger partial charge in [-0.05, 0) is 118 Å². The van der Waals surface area contributed by atoms with E-state index in [0.29, 0.717) is 30.1 Å². The van der Waals surface area contributed by atoms with Crippen molar-refractivity contribution in [2.75, 3.05) is 0 Å². The fourth-order valence-electron chi connectivity index (χ4n) is 11.2. The number of carbonyl (C=O) groups is 1. The average Bonchev–Trinajstić information content (AvgIpc) is 3.40. The van der Waals surface area contributed by atoms with Gasteiger partial charge in [0.25, 0.3) is 0 Å². The van der Waals surface area contributed by atoms with Crippen LogP contribution in [0.4, 0.5) is 0 Å². The maximum Gasteiger partial charge on any atom is 0.306 e. The van der Waals surface area contributed by atoms with Gasteiger partial charge in [0.1, 0.15) is 6.10 Å². The topological polar surface area (TPSA) is 46.5 Å². The minimum absolute atomic E-state index is 0.0423. The minimum Gasteiger partial charge on any atom is -0.461 e. The first kappa shape index (κ1) is 39.4. The molecule has 0 radical (unpaired) electrons. The molecule has 0 amide bonds. The Balaban J connectivity index is 1.22. The molecular weight excluding hydrogens is 588 g/mol. The van der Waals surface area contributed by atoms with Gasteiger partial charge in [-0.1, -0.05) is 129 Å². The Kier molecular flexibility index (Phi) is 15.9. The largest absolute Gasteiger partial charge is 0.461 e. The van der Waals surface area contributed by atoms with Crippen molar-refractivity contribution in [3.63, 3.8) is 0 Å². The molecule has 0 bridgehead atoms. The number of unbranched alkanes of at least 4 members (excludes halogenated alkanes) is 8. The molecule has 4 aliphatic rings. The van der Waals surface area contributed by atoms with Crippen LogP contribution in [-0.4, -0.2) is 23.3 Å². The molecule has 3 saturated carbocycles. The zero-order valence-electron chi connectivity index (χ0n) is 32.3. The first-order valence-electron chi connectivity index (χ1n) is 21.0. The van der Waals surface area contributed by atoms with E-state index >= 15 is 0 Å². The second kappa shape index (κ2) is 19.3. The van der Waals surface area contributed by atoms with E-state index in [9.17, 15) is 9.90 Å². The summed E-state index contributed by atoms with van der Waals surface area (Å²) >= 11 is 0. The van der Waals surface area contributed by atoms with Crippen LogP contribution in [0.25, 0.3) is 0 Å². The molecule has 0 aromatic rings. The number of aliphatic hydroxyl groups excluding tert-OH is 1. The van der Waals surface area contributed by atoms with Crippen LogP contribution in [0.3, 0.4) is 0 Å². The van der Waals surface area contributed by atoms with Crippen molar-refractivity contribution in [2.45, 2.75) is 195 Å². The van der Waals surface area contributed by atoms with Gasteiger partial charge in [-0.15, -0.1) is 0 Å². The predicted octanol–water partition coefficient (Wildman–Crippen LogP) is 12.7. The molecule has 3 heteroatoms. The molecule has 0 aliphatic heterocycles. The molecule has 1 N–H and O–H groups in total. The molecule has 3 nitrogen and oxygen atoms in total. The number of rotatable bonds is 20. The third-order valence-electron chi connectivity index (χ3n) is 14.0. The van der Waals surface area contributed by atoms with Gasteiger partial charge in [0.15, 0.2) is 0 Å². The smallest absolute Gasteiger partial charge is 0.306 e. The Bertz CT molecular complexity index is 1050. The van der Waals surface area contributed by atoms with E-state index in [1.165, 1.54) is 95.5 Å². The van der Waals surface area contributed by atoms with E-state index in [0.717, 1.165) is 62.2 Å². The van der Waals surface area contributed by atoms with Crippen molar-refractivity contribution in [3.8, 4) is 0 Å². The highest BCUT2D eigenvalue weighted by molar-refractivity contribution is 5.69. The van der Waals surface area contributed by atoms with Crippen LogP contribution >= 0.6 is 0 Å². The molecule has 0 aromatic carbocycles. The SMILES string of the molecule is CCCCCC=CCC=CCCCCCCCC(=O)OC1C[C@H](O)CC2=CC[C@H]3[C@@H]4CC[C@H]([C@H](C)CCCC(C)C)[C@@]4(C)CC[C@@H]3[C@]21C. The molecule has 0 saturated heterocycles. The summed E-state index contributed by atoms with van der Waals surface area (Å²) in [7, 11) is 0. The number of allylic oxidation sites excluding steroid dienone is 5. The third kappa shape index (κ3) is 10.1. The number of hydrogen-bond acceptors (Lipinski definition) is 3. The fourth-order valence-corrected chi connectivity index (χ4v) is 11.2. The van der Waals surface area contributed by atoms with Crippen LogP contribution in [-0.2, 0) is 9.53 Å². The summed E-state index contributed by atoms with van der Waals surface area (Å²) in [6.07, 6.45) is 36.7. The van der Waals surface area contributed by atoms with Gasteiger partial charge in [0, 0.05) is 18.3 Å². The average molecular weight is 665 g/mol. The number of esters is 1. The first-order valence-corrected chi connectivity index (χ1v) is 21.0. The van der Waals surface area contributed by atoms with Crippen LogP contribution in [0.1, 0.15) is 183 Å². The van der Waals surface area contributed by atoms with E-state index in [2.05, 4.69) is 71.9 Å². The summed E-state index contributed by atoms with van der Waals surface area (Å²) in [5.41, 5.74) is 1.71. The number of carbonyl (C=O) groups excluding carboxylic acids is 1. The summed E-state index contributed by atoms with van der Waals surface area (Å²) in [6.45, 7) is 14.6. The Morgan fingerprint density at radius 2 is 1.60 bits per heavy atom. The summed E-state index contributed by atoms with van der Waals surface area (Å²) in [4.78, 5) is 13.3. The molecule has 4 rings (SSSR count). The summed E-state index contributed by atoms with van der Waals surface area (Å²) < 4.78 is 6.41. The van der Waals surface area contributed by atoms with Crippen molar-refractivity contribution in [1.82, 2.24) is 0 Å². The quantitative estimate of drug-likeness (QED) is 0.0800. The zero-order valence-corrected chi connectivity index (χ0v) is 32.3. The van der Waals surface area contributed by atoms with Crippen molar-refractivity contribution < 1.29 is 14.6 Å². The van der Waals surface area contributed by atoms with Crippen LogP contribution < -0.4 is 0 Å². The molecule has 0 spiro atoms. The maximum absolute atomic E-state index is 13.3. The lowest BCUT2D eigenvalue weighted by molar-refractivity contribution is -0.169. The number of ether oxygens (including phenoxy) is 1. The third-order valence-corrected chi connectivity index (χ3v) is 14.0. The summed E-state index contributed by atoms with van der Waals surface area (Å²) in [5.74, 6) is 4.45. The fraction of sp³-hybridized carbons (Fsp3) is 0.844. The second-order valence-corrected chi connectivity index (χ2v) is 17.7. The van der Waals surface area contributed by atoms with Gasteiger partial charge in [-0.25, -0.2) is 0 Å². The molecule has 1 unspecified atom stereocenters. The van der Waals surface area contributed by atoms with E-state index in [4.69, 9.17) is 4.74 Å². The lowest BCUT2D eigenvalue weighted by Crippen LogP contribution is -2.56. The molecular formula is C45H76O3. The molecule has 9 atom stereocenters. The maximum atomic E-state index is 13.3. The number of fused-ring (bicyclic) bond motifs is 5. The Morgan fingerprint density at radius 1 is 0.896 bits per heavy atom. The molecule has 4 aliphatic carbocycles. The molecule has 3 fully saturated rings. The number of aliphatic hydroxyl groups is 1. The van der Waals surface area contributed by atoms with Crippen molar-refractivity contribution in [2.24, 2.45) is 46.3 Å². The van der Waals surface area contributed by atoms with Gasteiger partial charge >= 0.3 is 5.97 Å². The zero-order chi connectivity index (χ0) is 34.6. The normalized spacial score (nSPS) is 33.9. The van der Waals surface area contributed by atoms with Gasteiger partial charge in [0.05, 0.1) is 6.10 Å². The lowest BCUT2D eigenvalue weighted by atomic mass is 9.46. The predicted molar refractivity (Wildman–Crippen MR) is 204 cm³/mol. The van der Waals surface area contributed by atoms with E-state index in [1.807, 2.05) is 0 Å². The molecule has 274 valence electrons. The monoisotopic (exact) mass is 665 g/mol. The van der Waals surface area contributed by atoms with Crippen LogP contribution in [0.2, 0.25) is 0 Å². The van der Waals surface area contributed by atoms with Gasteiger partial charge in [-0.3, -0.25) is 4.79 Å². The highest BCUT2D eigenvalue weighted by Gasteiger charge is 2.61. The van der Waals surface area contributed by atoms with E-state index in [1.54, 1.807) is 0 Å². The highest BCUT2D eigenvalue weighted by Crippen LogP contribution is 2.67. The lowest BCUT2D eigenvalue weighted by Gasteiger charge is -2.60. The van der Waals surface area contributed by atoms with Crippen molar-refractivity contribution >= 4 is 5.97 Å². The molecule has 0 heterocycles. The first-order chi connectivity index (χ1) is 23.1. The van der Waals surface area contributed by atoms with Gasteiger partial charge in [-0.2, -0.15) is 0 Å². The van der Waals surface area contributed by atoms with Crippen LogP contribution in [0.15, 0.2) is 36.0 Å². The van der Waals surface area contributed by atoms with Crippen molar-refractivity contribution in [3.05, 3.63) is 36.0 Å². The number of hydrogen-bond donors (Lipinski definition) is 1. The Hall–Kier alpha value is -1.35. The molecule has 0 aromatic heterocycles. The van der Waals surface area contributed by atoms with Crippen LogP contribution in [0.5, 0.6) is 0 Å². The highest BCUT2D eigenvalue weighted by atomic mass is 16.5. The van der Waals surface area contributed by atoms with Crippen LogP contribution in [0, 0.1) is 46.3 Å². The summed E-state index contributed by atoms with van der Waals surface area (Å²) in [6, 6.07) is 0. The second-order valence-electron chi connectivity index (χ2n) is 17.7. The molecule has 48 heavy (non-hydrogen) atoms. The Morgan fingerprint density at radius 3 is 2.33 bits per heavy atom. The van der Waals surface area contributed by atoms with Crippen molar-refractivity contribution in [1.29, 1.82) is 0 Å². The van der Waals surface area contributed by atoms with E-state index in [-0.39, 0.29) is 17.5 Å². The minimum atomic E-state index is -0.397. The summed E-state index contributed by atoms with van der Waals surface area (Å²) in [5, 5.41) is 10.9. The van der Waals surface area contributed by atoms with Gasteiger partial charge in [0.2, 0.25) is 0 Å². The Labute approximate surface area is 297 Å². The van der Waals surface area contributed by atoms with E-state index < -0.39 is 6.10 Å². The van der Waals surface area contributed by atoms with Gasteiger partial charge < -0.3 is 9.84 Å². The standard InChI is InChI=1S/C45H76O3/c1-7-8-9-10-11-12-13-14-15-16-17-18-19-20-21-25-43(47)48-42-33-37(46)32-36-26-27-38-40-29-28-39(35(4)24-22-23-34(2)3)44(40,5)31-30-41(38)45(36,42)6/h11-12,14-15,26,34-35,37-42,46H,7-10,13,16-25,27-33H2,1-6H3/t35-,37-,38+,39-,40+,41+,42?,44-,45+/m1/s1.